The van der Waals surface area contributed by atoms with E-state index in [1.807, 2.05) is 0 Å². The predicted octanol–water partition coefficient (Wildman–Crippen LogP) is 19.3. The molecule has 0 heterocycles. The summed E-state index contributed by atoms with van der Waals surface area (Å²) in [6.45, 7) is 0. The molecule has 6 N–H and O–H groups in total. The lowest BCUT2D eigenvalue weighted by atomic mass is 9.81. The van der Waals surface area contributed by atoms with E-state index in [1.165, 1.54) is 0 Å². The van der Waals surface area contributed by atoms with Crippen LogP contribution in [0.15, 0.2) is 328 Å². The lowest BCUT2D eigenvalue weighted by molar-refractivity contribution is 0.145. The predicted molar refractivity (Wildman–Crippen MR) is 433 cm³/mol. The van der Waals surface area contributed by atoms with Crippen molar-refractivity contribution in [3.05, 3.63) is 458 Å². The van der Waals surface area contributed by atoms with Crippen LogP contribution in [0.25, 0.3) is 0 Å². The van der Waals surface area contributed by atoms with Gasteiger partial charge in [0.2, 0.25) is 0 Å². The summed E-state index contributed by atoms with van der Waals surface area (Å²) in [5.74, 6) is 39.8. The summed E-state index contributed by atoms with van der Waals surface area (Å²) in [5.41, 5.74) is -12.6. The van der Waals surface area contributed by atoms with Crippen LogP contribution >= 0.6 is 69.6 Å². The summed E-state index contributed by atoms with van der Waals surface area (Å²) in [5, 5.41) is 84.1. The fourth-order valence-electron chi connectivity index (χ4n) is 12.8. The van der Waals surface area contributed by atoms with Gasteiger partial charge in [-0.25, -0.2) is 0 Å². The van der Waals surface area contributed by atoms with Gasteiger partial charge < -0.3 is 30.6 Å². The van der Waals surface area contributed by atoms with Crippen molar-refractivity contribution < 1.29 is 30.6 Å². The first kappa shape index (κ1) is 75.0. The second-order valence-corrected chi connectivity index (χ2v) is 27.5. The SMILES string of the molecule is O[C@](C#Cc1c(C#C[C@@](O)(c2ccccc2)c2ccccc2Cl)c(C#C[C@@](O)(c2ccccc2)c2ccccc2Cl)c(C#C[C@@](O)(c2ccccc2)c2ccccc2Cl)c(C#C[C@@](O)(c2ccccc2)c2ccccc2Cl)c1C#C[C@@](O)(c1ccccc1)c1ccccc1Cl)(c1ccccc1)c1ccccc1Cl. The standard InChI is InChI=1S/C96H60Cl6O6/c97-85-49-25-19-43-79(85)91(103,67-31-7-1-8-32-67)61-55-73-74(56-62-92(104,68-33-9-2-10-34-68)80-44-20-26-50-86(80)98)76(58-64-94(106,70-37-13-4-14-38-70)82-46-22-28-52-88(82)100)78(60-66-96(108,72-41-17-6-18-42-72)84-48-24-30-54-90(84)102)77(59-65-95(107,71-39-15-5-16-40-71)83-47-23-29-53-89(83)101)75(73)57-63-93(105,69-35-11-3-12-36-69)81-45-21-27-51-87(81)99/h1-54,103-108H/t91-,92-,93-,94-,95-,96-/m1/s1. The molecule has 0 amide bonds. The molecule has 0 aromatic heterocycles. The molecule has 522 valence electrons. The molecule has 6 nitrogen and oxygen atoms in total. The maximum absolute atomic E-state index is 13.9. The molecule has 6 atom stereocenters. The van der Waals surface area contributed by atoms with Gasteiger partial charge in [0, 0.05) is 96.9 Å². The Balaban J connectivity index is 1.35. The Morgan fingerprint density at radius 3 is 0.389 bits per heavy atom. The minimum absolute atomic E-state index is 0.131. The largest absolute Gasteiger partial charge is 0.369 e. The van der Waals surface area contributed by atoms with Crippen molar-refractivity contribution in [2.75, 3.05) is 0 Å². The molecule has 13 rings (SSSR count). The highest BCUT2D eigenvalue weighted by atomic mass is 35.5. The van der Waals surface area contributed by atoms with Crippen molar-refractivity contribution >= 4 is 69.6 Å². The van der Waals surface area contributed by atoms with Crippen molar-refractivity contribution in [3.8, 4) is 71.0 Å². The van der Waals surface area contributed by atoms with Gasteiger partial charge in [-0.15, -0.1) is 0 Å². The fraction of sp³-hybridized carbons (Fsp3) is 0.0625. The van der Waals surface area contributed by atoms with E-state index in [9.17, 15) is 30.6 Å². The highest BCUT2D eigenvalue weighted by molar-refractivity contribution is 6.33. The summed E-state index contributed by atoms with van der Waals surface area (Å²) in [7, 11) is 0. The van der Waals surface area contributed by atoms with Crippen LogP contribution in [0, 0.1) is 71.0 Å². The monoisotopic (exact) mass is 1520 g/mol. The molecular weight excluding hydrogens is 1460 g/mol. The van der Waals surface area contributed by atoms with E-state index in [0.29, 0.717) is 0 Å². The van der Waals surface area contributed by atoms with E-state index < -0.39 is 33.6 Å². The van der Waals surface area contributed by atoms with Gasteiger partial charge in [0.05, 0.1) is 33.4 Å². The molecule has 0 saturated heterocycles. The molecule has 0 saturated carbocycles. The Kier molecular flexibility index (Phi) is 22.5. The smallest absolute Gasteiger partial charge is 0.178 e. The topological polar surface area (TPSA) is 121 Å². The van der Waals surface area contributed by atoms with Crippen LogP contribution < -0.4 is 0 Å². The number of benzene rings is 13. The average molecular weight is 1520 g/mol. The molecule has 0 aliphatic carbocycles. The molecule has 12 heteroatoms. The Morgan fingerprint density at radius 1 is 0.157 bits per heavy atom. The molecular formula is C96H60Cl6O6. The second kappa shape index (κ2) is 32.4. The minimum Gasteiger partial charge on any atom is -0.369 e. The highest BCUT2D eigenvalue weighted by Crippen LogP contribution is 2.43. The van der Waals surface area contributed by atoms with Crippen LogP contribution in [-0.4, -0.2) is 30.6 Å². The molecule has 108 heavy (non-hydrogen) atoms. The Morgan fingerprint density at radius 2 is 0.269 bits per heavy atom. The molecule has 0 bridgehead atoms. The first-order valence-electron chi connectivity index (χ1n) is 33.9. The molecule has 0 aliphatic heterocycles. The molecule has 0 aliphatic rings. The highest BCUT2D eigenvalue weighted by Gasteiger charge is 2.39. The lowest BCUT2D eigenvalue weighted by Gasteiger charge is -2.26. The van der Waals surface area contributed by atoms with E-state index in [-0.39, 0.29) is 130 Å². The fourth-order valence-corrected chi connectivity index (χ4v) is 14.4. The minimum atomic E-state index is -2.33. The zero-order valence-electron chi connectivity index (χ0n) is 57.1. The molecule has 0 spiro atoms. The van der Waals surface area contributed by atoms with Gasteiger partial charge in [-0.3, -0.25) is 0 Å². The molecule has 13 aromatic rings. The van der Waals surface area contributed by atoms with Crippen LogP contribution in [0.2, 0.25) is 30.1 Å². The molecule has 0 radical (unpaired) electrons. The van der Waals surface area contributed by atoms with Crippen LogP contribution in [-0.2, 0) is 33.6 Å². The molecule has 0 fully saturated rings. The van der Waals surface area contributed by atoms with Gasteiger partial charge in [-0.05, 0) is 36.4 Å². The van der Waals surface area contributed by atoms with Crippen molar-refractivity contribution in [2.24, 2.45) is 0 Å². The molecule has 13 aromatic carbocycles. The zero-order valence-corrected chi connectivity index (χ0v) is 61.7. The Labute approximate surface area is 657 Å². The number of hydrogen-bond donors (Lipinski definition) is 6. The lowest BCUT2D eigenvalue weighted by Crippen LogP contribution is -2.27. The van der Waals surface area contributed by atoms with Gasteiger partial charge in [0.15, 0.2) is 33.6 Å². The van der Waals surface area contributed by atoms with E-state index in [2.05, 4.69) is 71.0 Å². The van der Waals surface area contributed by atoms with E-state index in [1.54, 1.807) is 328 Å². The normalized spacial score (nSPS) is 14.1. The maximum atomic E-state index is 13.9. The van der Waals surface area contributed by atoms with Crippen LogP contribution in [0.1, 0.15) is 100 Å². The van der Waals surface area contributed by atoms with Gasteiger partial charge >= 0.3 is 0 Å². The van der Waals surface area contributed by atoms with Crippen molar-refractivity contribution in [1.82, 2.24) is 0 Å². The van der Waals surface area contributed by atoms with Gasteiger partial charge in [-0.2, -0.15) is 0 Å². The summed E-state index contributed by atoms with van der Waals surface area (Å²) >= 11 is 43.2. The summed E-state index contributed by atoms with van der Waals surface area (Å²) in [6, 6.07) is 91.7. The van der Waals surface area contributed by atoms with Crippen molar-refractivity contribution in [3.63, 3.8) is 0 Å². The number of aliphatic hydroxyl groups is 6. The van der Waals surface area contributed by atoms with E-state index in [4.69, 9.17) is 69.6 Å². The van der Waals surface area contributed by atoms with Gasteiger partial charge in [0.1, 0.15) is 0 Å². The third-order valence-electron chi connectivity index (χ3n) is 18.4. The maximum Gasteiger partial charge on any atom is 0.178 e. The Hall–Kier alpha value is -11.3. The zero-order chi connectivity index (χ0) is 75.5. The quantitative estimate of drug-likeness (QED) is 0.0678. The summed E-state index contributed by atoms with van der Waals surface area (Å²) < 4.78 is 0. The first-order valence-corrected chi connectivity index (χ1v) is 36.2. The van der Waals surface area contributed by atoms with Crippen molar-refractivity contribution in [2.45, 2.75) is 33.6 Å². The third-order valence-corrected chi connectivity index (χ3v) is 20.4. The average Bonchev–Trinajstić information content (AvgIpc) is 0.737. The summed E-state index contributed by atoms with van der Waals surface area (Å²) in [6.07, 6.45) is 0. The van der Waals surface area contributed by atoms with Crippen molar-refractivity contribution in [1.29, 1.82) is 0 Å². The van der Waals surface area contributed by atoms with Gasteiger partial charge in [0.25, 0.3) is 0 Å². The second-order valence-electron chi connectivity index (χ2n) is 25.1. The van der Waals surface area contributed by atoms with E-state index in [0.717, 1.165) is 0 Å². The third kappa shape index (κ3) is 15.1. The number of rotatable bonds is 12. The first-order chi connectivity index (χ1) is 52.3. The number of hydrogen-bond acceptors (Lipinski definition) is 6. The van der Waals surface area contributed by atoms with Crippen LogP contribution in [0.5, 0.6) is 0 Å². The number of halogens is 6. The molecule has 0 unspecified atom stereocenters. The van der Waals surface area contributed by atoms with Crippen LogP contribution in [0.3, 0.4) is 0 Å². The Bertz CT molecular complexity index is 4970. The van der Waals surface area contributed by atoms with Gasteiger partial charge in [-0.1, -0.05) is 432 Å². The summed E-state index contributed by atoms with van der Waals surface area (Å²) in [4.78, 5) is 0. The van der Waals surface area contributed by atoms with E-state index >= 15 is 0 Å². The van der Waals surface area contributed by atoms with Crippen LogP contribution in [0.4, 0.5) is 0 Å².